The first kappa shape index (κ1) is 19.9. The van der Waals surface area contributed by atoms with Crippen LogP contribution in [0.1, 0.15) is 15.6 Å². The molecular formula is C18H18Cl2N2OS2. The van der Waals surface area contributed by atoms with E-state index in [2.05, 4.69) is 29.2 Å². The number of nitrogens with zero attached hydrogens (tertiary/aromatic N) is 2. The van der Waals surface area contributed by atoms with Gasteiger partial charge in [-0.1, -0.05) is 30.3 Å². The SMILES string of the molecule is Cc1nc(CN(Cc2ccc(-c3ccccc3)s2)C(=O)CCl)cs1.Cl. The molecule has 1 aromatic carbocycles. The van der Waals surface area contributed by atoms with Gasteiger partial charge in [-0.2, -0.15) is 0 Å². The number of alkyl halides is 1. The highest BCUT2D eigenvalue weighted by molar-refractivity contribution is 7.15. The second-order valence-electron chi connectivity index (χ2n) is 5.37. The molecule has 0 N–H and O–H groups in total. The van der Waals surface area contributed by atoms with Gasteiger partial charge in [-0.25, -0.2) is 4.98 Å². The van der Waals surface area contributed by atoms with Crippen LogP contribution in [0.2, 0.25) is 0 Å². The quantitative estimate of drug-likeness (QED) is 0.509. The van der Waals surface area contributed by atoms with Gasteiger partial charge < -0.3 is 4.90 Å². The molecular weight excluding hydrogens is 395 g/mol. The molecule has 0 atom stereocenters. The van der Waals surface area contributed by atoms with E-state index in [0.717, 1.165) is 15.6 Å². The van der Waals surface area contributed by atoms with Crippen molar-refractivity contribution in [1.29, 1.82) is 0 Å². The van der Waals surface area contributed by atoms with Crippen LogP contribution in [0.5, 0.6) is 0 Å². The van der Waals surface area contributed by atoms with Crippen LogP contribution in [-0.4, -0.2) is 21.7 Å². The minimum absolute atomic E-state index is 0. The Bertz CT molecular complexity index is 817. The maximum Gasteiger partial charge on any atom is 0.238 e. The second-order valence-corrected chi connectivity index (χ2v) is 7.87. The molecule has 3 nitrogen and oxygen atoms in total. The molecule has 2 aromatic heterocycles. The first-order chi connectivity index (χ1) is 11.7. The Labute approximate surface area is 166 Å². The molecule has 3 rings (SSSR count). The monoisotopic (exact) mass is 412 g/mol. The van der Waals surface area contributed by atoms with Gasteiger partial charge in [-0.3, -0.25) is 4.79 Å². The van der Waals surface area contributed by atoms with Crippen LogP contribution in [0, 0.1) is 6.92 Å². The summed E-state index contributed by atoms with van der Waals surface area (Å²) >= 11 is 9.08. The fraction of sp³-hybridized carbons (Fsp3) is 0.222. The van der Waals surface area contributed by atoms with Crippen molar-refractivity contribution in [3.05, 3.63) is 63.4 Å². The van der Waals surface area contributed by atoms with Crippen molar-refractivity contribution >= 4 is 52.6 Å². The summed E-state index contributed by atoms with van der Waals surface area (Å²) in [7, 11) is 0. The van der Waals surface area contributed by atoms with Gasteiger partial charge in [-0.05, 0) is 24.6 Å². The first-order valence-electron chi connectivity index (χ1n) is 7.54. The molecule has 0 saturated carbocycles. The van der Waals surface area contributed by atoms with Crippen LogP contribution in [0.4, 0.5) is 0 Å². The number of benzene rings is 1. The molecule has 132 valence electrons. The summed E-state index contributed by atoms with van der Waals surface area (Å²) in [6.07, 6.45) is 0. The Kier molecular flexibility index (Phi) is 7.44. The third kappa shape index (κ3) is 5.28. The van der Waals surface area contributed by atoms with E-state index in [0.29, 0.717) is 13.1 Å². The van der Waals surface area contributed by atoms with Crippen LogP contribution in [0.15, 0.2) is 47.8 Å². The van der Waals surface area contributed by atoms with Gasteiger partial charge in [0.2, 0.25) is 5.91 Å². The summed E-state index contributed by atoms with van der Waals surface area (Å²) in [4.78, 5) is 20.7. The standard InChI is InChI=1S/C18H17ClN2OS2.ClH/c1-13-20-15(12-23-13)10-21(18(22)9-19)11-16-7-8-17(24-16)14-5-3-2-4-6-14;/h2-8,12H,9-11H2,1H3;1H. The summed E-state index contributed by atoms with van der Waals surface area (Å²) < 4.78 is 0. The Hall–Kier alpha value is -1.40. The predicted octanol–water partition coefficient (Wildman–Crippen LogP) is 5.37. The molecule has 0 radical (unpaired) electrons. The molecule has 7 heteroatoms. The lowest BCUT2D eigenvalue weighted by atomic mass is 10.2. The molecule has 25 heavy (non-hydrogen) atoms. The molecule has 0 aliphatic carbocycles. The zero-order chi connectivity index (χ0) is 16.9. The van der Waals surface area contributed by atoms with Crippen LogP contribution in [-0.2, 0) is 17.9 Å². The number of aryl methyl sites for hydroxylation is 1. The van der Waals surface area contributed by atoms with Gasteiger partial charge in [-0.15, -0.1) is 46.7 Å². The molecule has 2 heterocycles. The van der Waals surface area contributed by atoms with Crippen LogP contribution >= 0.6 is 46.7 Å². The van der Waals surface area contributed by atoms with Crippen LogP contribution in [0.25, 0.3) is 10.4 Å². The molecule has 0 aliphatic rings. The predicted molar refractivity (Wildman–Crippen MR) is 109 cm³/mol. The maximum atomic E-state index is 12.2. The second kappa shape index (κ2) is 9.34. The zero-order valence-corrected chi connectivity index (χ0v) is 16.9. The van der Waals surface area contributed by atoms with Gasteiger partial charge in [0.15, 0.2) is 0 Å². The van der Waals surface area contributed by atoms with Crippen molar-refractivity contribution < 1.29 is 4.79 Å². The van der Waals surface area contributed by atoms with E-state index < -0.39 is 0 Å². The Balaban J connectivity index is 0.00000225. The van der Waals surface area contributed by atoms with Gasteiger partial charge in [0.25, 0.3) is 0 Å². The molecule has 0 aliphatic heterocycles. The van der Waals surface area contributed by atoms with Crippen molar-refractivity contribution in [2.24, 2.45) is 0 Å². The van der Waals surface area contributed by atoms with E-state index >= 15 is 0 Å². The highest BCUT2D eigenvalue weighted by Gasteiger charge is 2.16. The number of amides is 1. The number of rotatable bonds is 6. The summed E-state index contributed by atoms with van der Waals surface area (Å²) in [5.74, 6) is -0.0861. The molecule has 0 bridgehead atoms. The number of hydrogen-bond acceptors (Lipinski definition) is 4. The number of halogens is 2. The minimum atomic E-state index is -0.0722. The normalized spacial score (nSPS) is 10.3. The lowest BCUT2D eigenvalue weighted by Crippen LogP contribution is -2.30. The van der Waals surface area contributed by atoms with E-state index in [4.69, 9.17) is 11.6 Å². The van der Waals surface area contributed by atoms with Gasteiger partial charge in [0.1, 0.15) is 5.88 Å². The molecule has 0 unspecified atom stereocenters. The molecule has 0 saturated heterocycles. The molecule has 0 fully saturated rings. The highest BCUT2D eigenvalue weighted by atomic mass is 35.5. The number of thiazole rings is 1. The summed E-state index contributed by atoms with van der Waals surface area (Å²) in [5, 5.41) is 3.00. The highest BCUT2D eigenvalue weighted by Crippen LogP contribution is 2.29. The van der Waals surface area contributed by atoms with E-state index in [9.17, 15) is 4.79 Å². The van der Waals surface area contributed by atoms with Crippen LogP contribution in [0.3, 0.4) is 0 Å². The number of carbonyl (C=O) groups excluding carboxylic acids is 1. The number of thiophene rings is 1. The molecule has 3 aromatic rings. The lowest BCUT2D eigenvalue weighted by Gasteiger charge is -2.20. The maximum absolute atomic E-state index is 12.2. The smallest absolute Gasteiger partial charge is 0.238 e. The van der Waals surface area contributed by atoms with E-state index in [1.165, 1.54) is 10.4 Å². The summed E-state index contributed by atoms with van der Waals surface area (Å²) in [6.45, 7) is 3.02. The van der Waals surface area contributed by atoms with Crippen molar-refractivity contribution in [1.82, 2.24) is 9.88 Å². The van der Waals surface area contributed by atoms with E-state index in [1.807, 2.05) is 30.5 Å². The summed E-state index contributed by atoms with van der Waals surface area (Å²) in [5.41, 5.74) is 2.11. The zero-order valence-electron chi connectivity index (χ0n) is 13.6. The van der Waals surface area contributed by atoms with Crippen molar-refractivity contribution in [2.75, 3.05) is 5.88 Å². The number of carbonyl (C=O) groups is 1. The average molecular weight is 413 g/mol. The Morgan fingerprint density at radius 2 is 1.92 bits per heavy atom. The van der Waals surface area contributed by atoms with Crippen LogP contribution < -0.4 is 0 Å². The van der Waals surface area contributed by atoms with Crippen molar-refractivity contribution in [2.45, 2.75) is 20.0 Å². The van der Waals surface area contributed by atoms with Crippen molar-refractivity contribution in [3.8, 4) is 10.4 Å². The third-order valence-corrected chi connectivity index (χ3v) is 5.72. The topological polar surface area (TPSA) is 33.2 Å². The van der Waals surface area contributed by atoms with Gasteiger partial charge >= 0.3 is 0 Å². The van der Waals surface area contributed by atoms with Crippen molar-refractivity contribution in [3.63, 3.8) is 0 Å². The summed E-state index contributed by atoms with van der Waals surface area (Å²) in [6, 6.07) is 14.4. The first-order valence-corrected chi connectivity index (χ1v) is 9.77. The third-order valence-electron chi connectivity index (χ3n) is 3.55. The molecule has 0 spiro atoms. The van der Waals surface area contributed by atoms with Gasteiger partial charge in [0, 0.05) is 15.1 Å². The minimum Gasteiger partial charge on any atom is -0.331 e. The number of hydrogen-bond donors (Lipinski definition) is 0. The molecule has 1 amide bonds. The Morgan fingerprint density at radius 3 is 2.56 bits per heavy atom. The van der Waals surface area contributed by atoms with E-state index in [1.54, 1.807) is 27.6 Å². The largest absolute Gasteiger partial charge is 0.331 e. The Morgan fingerprint density at radius 1 is 1.16 bits per heavy atom. The fourth-order valence-corrected chi connectivity index (χ4v) is 4.20. The van der Waals surface area contributed by atoms with Gasteiger partial charge in [0.05, 0.1) is 23.8 Å². The lowest BCUT2D eigenvalue weighted by molar-refractivity contribution is -0.129. The average Bonchev–Trinajstić information content (AvgIpc) is 3.23. The number of aromatic nitrogens is 1. The fourth-order valence-electron chi connectivity index (χ4n) is 2.40. The van der Waals surface area contributed by atoms with E-state index in [-0.39, 0.29) is 24.2 Å².